The number of benzene rings is 1. The van der Waals surface area contributed by atoms with Crippen LogP contribution in [0.25, 0.3) is 0 Å². The third-order valence-electron chi connectivity index (χ3n) is 8.54. The van der Waals surface area contributed by atoms with Crippen LogP contribution < -0.4 is 9.64 Å². The second-order valence-electron chi connectivity index (χ2n) is 10.8. The average molecular weight is 557 g/mol. The molecular weight excluding hydrogens is 516 g/mol. The van der Waals surface area contributed by atoms with Gasteiger partial charge in [0.2, 0.25) is 5.91 Å². The van der Waals surface area contributed by atoms with Gasteiger partial charge in [0.1, 0.15) is 11.8 Å². The number of ether oxygens (including phenoxy) is 2. The number of unbranched alkanes of at least 4 members (excludes halogenated alkanes) is 1. The van der Waals surface area contributed by atoms with Crippen molar-refractivity contribution >= 4 is 35.2 Å². The highest BCUT2D eigenvalue weighted by molar-refractivity contribution is 8.02. The highest BCUT2D eigenvalue weighted by Gasteiger charge is 2.78. The Balaban J connectivity index is 1.76. The number of likely N-dealkylation sites (tertiary alicyclic amines) is 1. The molecule has 3 saturated heterocycles. The molecule has 0 radical (unpaired) electrons. The van der Waals surface area contributed by atoms with Crippen molar-refractivity contribution in [3.05, 3.63) is 49.6 Å². The lowest BCUT2D eigenvalue weighted by atomic mass is 9.66. The number of amides is 2. The number of aliphatic hydroxyl groups excluding tert-OH is 1. The summed E-state index contributed by atoms with van der Waals surface area (Å²) in [6, 6.07) is 5.82. The number of allylic oxidation sites excluding steroid dienone is 1. The number of nitrogens with zero attached hydrogens (tertiary/aromatic N) is 2. The second-order valence-corrected chi connectivity index (χ2v) is 12.6. The minimum Gasteiger partial charge on any atom is -0.497 e. The van der Waals surface area contributed by atoms with E-state index in [1.807, 2.05) is 26.0 Å². The summed E-state index contributed by atoms with van der Waals surface area (Å²) in [5, 5.41) is 10.3. The summed E-state index contributed by atoms with van der Waals surface area (Å²) in [4.78, 5) is 45.5. The molecule has 2 bridgehead atoms. The summed E-state index contributed by atoms with van der Waals surface area (Å²) in [5.41, 5.74) is 0.659. The molecular formula is C30H40N2O6S. The molecule has 4 rings (SSSR count). The van der Waals surface area contributed by atoms with Gasteiger partial charge in [-0.15, -0.1) is 24.9 Å². The Morgan fingerprint density at radius 2 is 1.97 bits per heavy atom. The molecule has 2 unspecified atom stereocenters. The first-order valence-electron chi connectivity index (χ1n) is 13.7. The van der Waals surface area contributed by atoms with E-state index in [2.05, 4.69) is 13.2 Å². The lowest BCUT2D eigenvalue weighted by molar-refractivity contribution is -0.156. The molecule has 1 aromatic rings. The summed E-state index contributed by atoms with van der Waals surface area (Å²) < 4.78 is 9.67. The molecule has 2 amide bonds. The van der Waals surface area contributed by atoms with E-state index < -0.39 is 33.4 Å². The van der Waals surface area contributed by atoms with E-state index in [0.29, 0.717) is 37.1 Å². The Morgan fingerprint density at radius 3 is 2.56 bits per heavy atom. The molecule has 212 valence electrons. The van der Waals surface area contributed by atoms with Crippen LogP contribution in [0, 0.1) is 11.8 Å². The predicted molar refractivity (Wildman–Crippen MR) is 153 cm³/mol. The molecule has 3 heterocycles. The van der Waals surface area contributed by atoms with Gasteiger partial charge in [0.05, 0.1) is 42.9 Å². The number of rotatable bonds is 13. The van der Waals surface area contributed by atoms with Gasteiger partial charge in [-0.3, -0.25) is 14.4 Å². The average Bonchev–Trinajstić information content (AvgIpc) is 3.51. The van der Waals surface area contributed by atoms with Gasteiger partial charge in [-0.1, -0.05) is 19.1 Å². The largest absolute Gasteiger partial charge is 0.497 e. The molecule has 1 N–H and O–H groups in total. The highest BCUT2D eigenvalue weighted by Crippen LogP contribution is 2.71. The molecule has 3 fully saturated rings. The zero-order chi connectivity index (χ0) is 28.4. The van der Waals surface area contributed by atoms with Gasteiger partial charge in [-0.25, -0.2) is 0 Å². The van der Waals surface area contributed by atoms with Gasteiger partial charge in [-0.05, 0) is 63.3 Å². The number of hydrogen-bond acceptors (Lipinski definition) is 7. The number of aliphatic hydroxyl groups is 1. The Hall–Kier alpha value is -2.78. The van der Waals surface area contributed by atoms with Crippen LogP contribution in [-0.2, 0) is 19.1 Å². The van der Waals surface area contributed by atoms with Crippen LogP contribution in [0.15, 0.2) is 49.6 Å². The minimum absolute atomic E-state index is 0.237. The van der Waals surface area contributed by atoms with Crippen molar-refractivity contribution in [1.29, 1.82) is 0 Å². The Bertz CT molecular complexity index is 1110. The Kier molecular flexibility index (Phi) is 8.81. The lowest BCUT2D eigenvalue weighted by Gasteiger charge is -2.39. The quantitative estimate of drug-likeness (QED) is 0.223. The Morgan fingerprint density at radius 1 is 1.26 bits per heavy atom. The maximum Gasteiger partial charge on any atom is 0.311 e. The fraction of sp³-hybridized carbons (Fsp3) is 0.567. The maximum atomic E-state index is 14.6. The van der Waals surface area contributed by atoms with Crippen LogP contribution in [0.3, 0.4) is 0 Å². The Labute approximate surface area is 235 Å². The van der Waals surface area contributed by atoms with E-state index in [1.54, 1.807) is 53.0 Å². The molecule has 39 heavy (non-hydrogen) atoms. The van der Waals surface area contributed by atoms with Crippen molar-refractivity contribution in [2.75, 3.05) is 31.8 Å². The summed E-state index contributed by atoms with van der Waals surface area (Å²) >= 11 is 1.60. The smallest absolute Gasteiger partial charge is 0.311 e. The van der Waals surface area contributed by atoms with Crippen LogP contribution in [-0.4, -0.2) is 76.2 Å². The number of fused-ring (bicyclic) bond motifs is 1. The van der Waals surface area contributed by atoms with Crippen LogP contribution >= 0.6 is 11.8 Å². The fourth-order valence-electron chi connectivity index (χ4n) is 6.66. The molecule has 1 aromatic carbocycles. The van der Waals surface area contributed by atoms with Crippen molar-refractivity contribution < 1.29 is 29.0 Å². The molecule has 6 atom stereocenters. The molecule has 3 aliphatic rings. The van der Waals surface area contributed by atoms with Crippen molar-refractivity contribution in [2.45, 2.75) is 67.5 Å². The molecule has 0 saturated carbocycles. The van der Waals surface area contributed by atoms with E-state index in [0.717, 1.165) is 6.42 Å². The molecule has 3 aliphatic heterocycles. The van der Waals surface area contributed by atoms with Crippen LogP contribution in [0.1, 0.15) is 46.0 Å². The lowest BCUT2D eigenvalue weighted by Crippen LogP contribution is -2.57. The number of thioether (sulfide) groups is 1. The molecule has 1 spiro atoms. The monoisotopic (exact) mass is 556 g/mol. The first-order chi connectivity index (χ1) is 18.7. The SMILES string of the molecule is C=CCCCOC(=O)[C@H]1[C@H]2C(=O)N([C@@H](CC)CO)C(C(=O)N(CC=C)c3ccc(OC)cc3)C23CC[C@]1(C)S3. The standard InChI is InChI=1S/C30H40N2O6S/c1-6-9-10-18-38-28(36)24-23-26(34)32(20(8-3)19-33)25(30(23)16-15-29(24,4)39-30)27(35)31(17-7-2)21-11-13-22(37-5)14-12-21/h6-7,11-14,20,23-25,33H,1-2,8-10,15-19H2,3-5H3/t20-,23-,24+,25?,29-,30?/m0/s1. The van der Waals surface area contributed by atoms with E-state index in [9.17, 15) is 19.5 Å². The number of methoxy groups -OCH3 is 1. The molecule has 8 nitrogen and oxygen atoms in total. The summed E-state index contributed by atoms with van der Waals surface area (Å²) in [6.45, 7) is 11.7. The third kappa shape index (κ3) is 4.88. The van der Waals surface area contributed by atoms with Crippen LogP contribution in [0.2, 0.25) is 0 Å². The van der Waals surface area contributed by atoms with E-state index in [-0.39, 0.29) is 37.5 Å². The number of carbonyl (C=O) groups excluding carboxylic acids is 3. The van der Waals surface area contributed by atoms with Crippen LogP contribution in [0.5, 0.6) is 5.75 Å². The molecule has 0 aliphatic carbocycles. The van der Waals surface area contributed by atoms with Crippen molar-refractivity contribution in [3.63, 3.8) is 0 Å². The van der Waals surface area contributed by atoms with Gasteiger partial charge >= 0.3 is 5.97 Å². The van der Waals surface area contributed by atoms with Gasteiger partial charge in [0, 0.05) is 17.0 Å². The third-order valence-corrected chi connectivity index (χ3v) is 10.5. The minimum atomic E-state index is -0.834. The van der Waals surface area contributed by atoms with Gasteiger partial charge in [0.15, 0.2) is 0 Å². The molecule has 9 heteroatoms. The van der Waals surface area contributed by atoms with Crippen molar-refractivity contribution in [1.82, 2.24) is 4.90 Å². The number of anilines is 1. The zero-order valence-electron chi connectivity index (χ0n) is 23.1. The highest BCUT2D eigenvalue weighted by atomic mass is 32.2. The summed E-state index contributed by atoms with van der Waals surface area (Å²) in [7, 11) is 1.58. The van der Waals surface area contributed by atoms with Crippen LogP contribution in [0.4, 0.5) is 5.69 Å². The summed E-state index contributed by atoms with van der Waals surface area (Å²) in [6.07, 6.45) is 6.66. The van der Waals surface area contributed by atoms with E-state index >= 15 is 0 Å². The zero-order valence-corrected chi connectivity index (χ0v) is 24.0. The first kappa shape index (κ1) is 29.2. The normalized spacial score (nSPS) is 29.6. The summed E-state index contributed by atoms with van der Waals surface area (Å²) in [5.74, 6) is -1.54. The van der Waals surface area contributed by atoms with Gasteiger partial charge in [0.25, 0.3) is 5.91 Å². The maximum absolute atomic E-state index is 14.6. The second kappa shape index (κ2) is 11.8. The number of hydrogen-bond donors (Lipinski definition) is 1. The number of carbonyl (C=O) groups is 3. The topological polar surface area (TPSA) is 96.4 Å². The van der Waals surface area contributed by atoms with Crippen molar-refractivity contribution in [2.24, 2.45) is 11.8 Å². The first-order valence-corrected chi connectivity index (χ1v) is 14.5. The van der Waals surface area contributed by atoms with E-state index in [4.69, 9.17) is 9.47 Å². The predicted octanol–water partition coefficient (Wildman–Crippen LogP) is 3.98. The van der Waals surface area contributed by atoms with E-state index in [1.165, 1.54) is 0 Å². The number of esters is 1. The van der Waals surface area contributed by atoms with Gasteiger partial charge < -0.3 is 24.4 Å². The van der Waals surface area contributed by atoms with Crippen molar-refractivity contribution in [3.8, 4) is 5.75 Å². The van der Waals surface area contributed by atoms with Gasteiger partial charge in [-0.2, -0.15) is 0 Å². The fourth-order valence-corrected chi connectivity index (χ4v) is 8.99. The molecule has 0 aromatic heterocycles.